The second-order valence-corrected chi connectivity index (χ2v) is 46.2. The number of nitrogens with zero attached hydrogens (tertiary/aromatic N) is 8. The smallest absolute Gasteiger partial charge is 0.243 e. The Kier molecular flexibility index (Phi) is 32.1. The maximum Gasteiger partial charge on any atom is 0.243 e. The molecule has 20 rings (SSSR count). The van der Waals surface area contributed by atoms with Gasteiger partial charge in [-0.25, -0.2) is 33.7 Å². The SMILES string of the molecule is COC[C@@H]1[C@@H](c2ccc(-c3cccc(OC)c3)cc2)C2CN(S(=O)(=O)c3ccccc3C)CCCCN21.COC[C@@H]1[C@@H](c2ccccc2)C2CN(S(=O)(=O)c3ccccc3C)CCCCN21.Cc1ccc(-c2ccc([C@H]3C4CN(S(=O)(=O)c5ccccc5C)CCCCN4[C@@H]3CO)cc2)cc1C.Cc1ccccc1S(=O)(=O)N1CCCCN2C(C1)[C@H](c1ccc(-c3ccc4c(c3)OCO4)cc1)[C@H]2CO. The summed E-state index contributed by atoms with van der Waals surface area (Å²) in [6.45, 7) is 21.1. The Hall–Kier alpha value is -9.86. The number of aliphatic hydroxyl groups excluding tert-OH is 2. The fourth-order valence-electron chi connectivity index (χ4n) is 22.9. The lowest BCUT2D eigenvalue weighted by Crippen LogP contribution is -2.68. The first kappa shape index (κ1) is 101. The summed E-state index contributed by atoms with van der Waals surface area (Å²) in [5.41, 5.74) is 17.2. The molecule has 9 heterocycles. The van der Waals surface area contributed by atoms with Crippen molar-refractivity contribution in [1.82, 2.24) is 36.8 Å². The van der Waals surface area contributed by atoms with Crippen molar-refractivity contribution in [3.8, 4) is 50.6 Å². The van der Waals surface area contributed by atoms with E-state index in [1.54, 1.807) is 87.1 Å². The number of rotatable bonds is 22. The number of benzene rings is 11. The molecule has 11 aromatic rings. The van der Waals surface area contributed by atoms with Crippen molar-refractivity contribution in [1.29, 1.82) is 0 Å². The van der Waals surface area contributed by atoms with Gasteiger partial charge in [0, 0.05) is 139 Å². The molecule has 8 saturated heterocycles. The van der Waals surface area contributed by atoms with Crippen LogP contribution in [0.25, 0.3) is 33.4 Å². The second-order valence-electron chi connectivity index (χ2n) is 38.6. The first-order chi connectivity index (χ1) is 67.2. The number of fused-ring (bicyclic) bond motifs is 5. The van der Waals surface area contributed by atoms with E-state index in [2.05, 4.69) is 155 Å². The summed E-state index contributed by atoms with van der Waals surface area (Å²) in [6.07, 6.45) is 7.16. The molecule has 0 spiro atoms. The van der Waals surface area contributed by atoms with Gasteiger partial charge < -0.3 is 33.9 Å². The van der Waals surface area contributed by atoms with Crippen molar-refractivity contribution >= 4 is 40.1 Å². The fraction of sp³-hybridized carbons (Fsp3) is 0.411. The van der Waals surface area contributed by atoms with E-state index in [0.29, 0.717) is 91.2 Å². The number of aryl methyl sites for hydroxylation is 6. The number of ether oxygens (including phenoxy) is 5. The minimum Gasteiger partial charge on any atom is -0.497 e. The van der Waals surface area contributed by atoms with Gasteiger partial charge in [0.2, 0.25) is 46.9 Å². The highest BCUT2D eigenvalue weighted by Crippen LogP contribution is 2.49. The van der Waals surface area contributed by atoms with Crippen molar-refractivity contribution in [2.75, 3.05) is 133 Å². The van der Waals surface area contributed by atoms with Gasteiger partial charge in [-0.1, -0.05) is 212 Å². The standard InChI is InChI=1S/C30H36N2O4S.C30H36N2O3S.C29H32N2O5S.C23H30N2O3S/c1-22-9-4-5-12-29(22)37(33,34)31-17-6-7-18-32-27(20-31)30(28(32)21-35-2)24-15-13-23(14-16-24)25-10-8-11-26(19-25)36-3;1-21-10-11-26(18-23(21)3)24-12-14-25(15-13-24)30-27-19-31(16-6-7-17-32(27)28(30)20-33)36(34,35)29-9-5-4-8-22(29)2;1-20-6-2-3-7-28(20)37(33,34)30-14-4-5-15-31-24(17-30)29(25(31)18-32)22-10-8-21(9-11-22)23-12-13-26-27(16-23)36-19-35-26;1-18-10-6-7-13-22(18)29(26,27)24-14-8-9-15-25-20(16-24)23(21(25)17-28-2)19-11-4-3-5-12-19/h4-5,8-16,19,27-28,30H,6-7,17-18,20-21H2,1-3H3;4-5,8-15,18,27-28,30,33H,6-7,16-17,19-20H2,1-3H3;2-3,6-13,16,24-25,29,32H,4-5,14-15,17-19H2,1H3;3-7,10-13,20-21,23H,8-9,14-17H2,1-2H3/t2*27?,28-,30+;24?,25-,29+;20?,21-,23+/m1111/s1. The largest absolute Gasteiger partial charge is 0.497 e. The molecule has 11 aromatic carbocycles. The van der Waals surface area contributed by atoms with Gasteiger partial charge in [0.25, 0.3) is 0 Å². The molecule has 0 bridgehead atoms. The predicted molar refractivity (Wildman–Crippen MR) is 547 cm³/mol. The third-order valence-corrected chi connectivity index (χ3v) is 38.6. The third kappa shape index (κ3) is 21.2. The molecule has 2 N–H and O–H groups in total. The van der Waals surface area contributed by atoms with Crippen LogP contribution in [0, 0.1) is 41.5 Å². The van der Waals surface area contributed by atoms with Gasteiger partial charge in [0.05, 0.1) is 53.1 Å². The van der Waals surface area contributed by atoms with E-state index in [1.807, 2.05) is 119 Å². The molecule has 0 aromatic heterocycles. The number of hydrogen-bond donors (Lipinski definition) is 2. The molecule has 736 valence electrons. The Balaban J connectivity index is 0.000000129. The molecule has 9 aliphatic rings. The van der Waals surface area contributed by atoms with E-state index in [4.69, 9.17) is 23.7 Å². The van der Waals surface area contributed by atoms with Crippen LogP contribution in [0.4, 0.5) is 0 Å². The Morgan fingerprint density at radius 2 is 0.590 bits per heavy atom. The lowest BCUT2D eigenvalue weighted by atomic mass is 9.74. The Morgan fingerprint density at radius 1 is 0.288 bits per heavy atom. The number of methoxy groups -OCH3 is 3. The van der Waals surface area contributed by atoms with Crippen LogP contribution in [0.5, 0.6) is 17.2 Å². The molecule has 27 heteroatoms. The zero-order chi connectivity index (χ0) is 97.4. The van der Waals surface area contributed by atoms with Gasteiger partial charge in [-0.2, -0.15) is 17.2 Å². The highest BCUT2D eigenvalue weighted by Gasteiger charge is 2.55. The summed E-state index contributed by atoms with van der Waals surface area (Å²) in [6, 6.07) is 86.6. The Morgan fingerprint density at radius 3 is 0.935 bits per heavy atom. The quantitative estimate of drug-likeness (QED) is 0.0640. The molecule has 0 radical (unpaired) electrons. The van der Waals surface area contributed by atoms with Crippen molar-refractivity contribution in [2.24, 2.45) is 0 Å². The van der Waals surface area contributed by atoms with E-state index < -0.39 is 40.1 Å². The highest BCUT2D eigenvalue weighted by molar-refractivity contribution is 7.90. The van der Waals surface area contributed by atoms with Gasteiger partial charge >= 0.3 is 0 Å². The van der Waals surface area contributed by atoms with Crippen molar-refractivity contribution in [3.63, 3.8) is 0 Å². The summed E-state index contributed by atoms with van der Waals surface area (Å²) in [5.74, 6) is 2.98. The minimum atomic E-state index is -3.61. The average molecular weight is 1960 g/mol. The molecular weight excluding hydrogens is 1830 g/mol. The van der Waals surface area contributed by atoms with Crippen LogP contribution in [-0.2, 0) is 49.6 Å². The van der Waals surface area contributed by atoms with E-state index in [0.717, 1.165) is 150 Å². The van der Waals surface area contributed by atoms with Gasteiger partial charge in [0.15, 0.2) is 11.5 Å². The van der Waals surface area contributed by atoms with E-state index >= 15 is 0 Å². The van der Waals surface area contributed by atoms with Gasteiger partial charge in [-0.3, -0.25) is 19.6 Å². The molecule has 12 atom stereocenters. The van der Waals surface area contributed by atoms with Crippen molar-refractivity contribution < 1.29 is 67.6 Å². The molecule has 0 amide bonds. The number of aliphatic hydroxyl groups is 2. The molecule has 23 nitrogen and oxygen atoms in total. The topological polar surface area (TPSA) is 249 Å². The highest BCUT2D eigenvalue weighted by atomic mass is 32.2. The second kappa shape index (κ2) is 44.3. The van der Waals surface area contributed by atoms with Gasteiger partial charge in [0.1, 0.15) is 5.75 Å². The van der Waals surface area contributed by atoms with Gasteiger partial charge in [-0.05, 0) is 257 Å². The maximum absolute atomic E-state index is 13.7. The summed E-state index contributed by atoms with van der Waals surface area (Å²) >= 11 is 0. The molecule has 8 fully saturated rings. The summed E-state index contributed by atoms with van der Waals surface area (Å²) < 4.78 is 143. The normalized spacial score (nSPS) is 24.1. The predicted octanol–water partition coefficient (Wildman–Crippen LogP) is 17.1. The van der Waals surface area contributed by atoms with Crippen LogP contribution in [0.2, 0.25) is 0 Å². The van der Waals surface area contributed by atoms with Crippen molar-refractivity contribution in [3.05, 3.63) is 316 Å². The molecule has 4 unspecified atom stereocenters. The zero-order valence-corrected chi connectivity index (χ0v) is 84.6. The molecule has 0 aliphatic carbocycles. The Bertz CT molecular complexity index is 6550. The Labute approximate surface area is 823 Å². The average Bonchev–Trinajstić information content (AvgIpc) is 0.895. The maximum atomic E-state index is 13.7. The lowest BCUT2D eigenvalue weighted by molar-refractivity contribution is -0.0635. The first-order valence-electron chi connectivity index (χ1n) is 49.2. The van der Waals surface area contributed by atoms with E-state index in [9.17, 15) is 43.9 Å². The summed E-state index contributed by atoms with van der Waals surface area (Å²) in [4.78, 5) is 11.2. The third-order valence-electron chi connectivity index (χ3n) is 30.5. The summed E-state index contributed by atoms with van der Waals surface area (Å²) in [5, 5.41) is 20.6. The van der Waals surface area contributed by atoms with Crippen molar-refractivity contribution in [2.45, 2.75) is 184 Å². The van der Waals surface area contributed by atoms with E-state index in [-0.39, 0.29) is 86.0 Å². The number of hydrogen-bond acceptors (Lipinski definition) is 19. The van der Waals surface area contributed by atoms with Crippen LogP contribution >= 0.6 is 0 Å². The van der Waals surface area contributed by atoms with Crippen LogP contribution < -0.4 is 14.2 Å². The van der Waals surface area contributed by atoms with Crippen LogP contribution in [-0.4, -0.2) is 262 Å². The number of sulfonamides is 4. The molecule has 9 aliphatic heterocycles. The first-order valence-corrected chi connectivity index (χ1v) is 54.9. The van der Waals surface area contributed by atoms with Crippen LogP contribution in [0.3, 0.4) is 0 Å². The zero-order valence-electron chi connectivity index (χ0n) is 81.3. The van der Waals surface area contributed by atoms with Crippen LogP contribution in [0.1, 0.15) is 131 Å². The fourth-order valence-corrected chi connectivity index (χ4v) is 29.8. The van der Waals surface area contributed by atoms with Crippen LogP contribution in [0.15, 0.2) is 280 Å². The molecular formula is C112H134N8O15S4. The molecule has 0 saturated carbocycles. The minimum absolute atomic E-state index is 0.0116. The summed E-state index contributed by atoms with van der Waals surface area (Å²) in [7, 11) is -9.12. The monoisotopic (exact) mass is 1960 g/mol. The van der Waals surface area contributed by atoms with E-state index in [1.165, 1.54) is 33.4 Å². The lowest BCUT2D eigenvalue weighted by Gasteiger charge is -2.57. The van der Waals surface area contributed by atoms with Gasteiger partial charge in [-0.15, -0.1) is 0 Å². The molecule has 139 heavy (non-hydrogen) atoms.